The lowest BCUT2D eigenvalue weighted by Gasteiger charge is -2.37. The molecule has 3 aliphatic carbocycles. The Balaban J connectivity index is 1.51. The van der Waals surface area contributed by atoms with E-state index in [2.05, 4.69) is 29.2 Å². The van der Waals surface area contributed by atoms with E-state index in [0.717, 1.165) is 38.5 Å². The van der Waals surface area contributed by atoms with Crippen LogP contribution < -0.4 is 0 Å². The summed E-state index contributed by atoms with van der Waals surface area (Å²) in [5.74, 6) is 0.205. The van der Waals surface area contributed by atoms with Crippen LogP contribution in [0, 0.1) is 0 Å². The Labute approximate surface area is 132 Å². The second-order valence-corrected chi connectivity index (χ2v) is 7.00. The van der Waals surface area contributed by atoms with Crippen LogP contribution in [0.5, 0.6) is 0 Å². The third-order valence-electron chi connectivity index (χ3n) is 5.40. The normalized spacial score (nSPS) is 24.5. The standard InChI is InChI=1S/C19H25NO2/c21-19(13-22-16-7-4-8-16)20(15-11-12-15)18-10-3-6-14-5-1-2-9-17(14)18/h1-2,5,9,15-16,18H,3-4,6-8,10-13H2. The molecule has 0 heterocycles. The van der Waals surface area contributed by atoms with E-state index in [1.165, 1.54) is 24.0 Å². The first kappa shape index (κ1) is 14.3. The molecule has 3 aliphatic rings. The van der Waals surface area contributed by atoms with Gasteiger partial charge in [-0.3, -0.25) is 4.79 Å². The van der Waals surface area contributed by atoms with Crippen molar-refractivity contribution in [2.75, 3.05) is 6.61 Å². The van der Waals surface area contributed by atoms with Crippen LogP contribution in [0.15, 0.2) is 24.3 Å². The summed E-state index contributed by atoms with van der Waals surface area (Å²) in [4.78, 5) is 14.9. The van der Waals surface area contributed by atoms with Gasteiger partial charge in [-0.15, -0.1) is 0 Å². The quantitative estimate of drug-likeness (QED) is 0.831. The molecule has 0 spiro atoms. The fourth-order valence-corrected chi connectivity index (χ4v) is 3.80. The van der Waals surface area contributed by atoms with Gasteiger partial charge in [0.1, 0.15) is 6.61 Å². The van der Waals surface area contributed by atoms with Crippen molar-refractivity contribution in [2.45, 2.75) is 69.6 Å². The van der Waals surface area contributed by atoms with E-state index in [4.69, 9.17) is 4.74 Å². The van der Waals surface area contributed by atoms with Crippen LogP contribution >= 0.6 is 0 Å². The van der Waals surface area contributed by atoms with Crippen LogP contribution in [0.25, 0.3) is 0 Å². The first-order valence-corrected chi connectivity index (χ1v) is 8.83. The summed E-state index contributed by atoms with van der Waals surface area (Å²) in [6.45, 7) is 0.278. The van der Waals surface area contributed by atoms with Crippen molar-refractivity contribution in [3.8, 4) is 0 Å². The van der Waals surface area contributed by atoms with Crippen LogP contribution in [0.3, 0.4) is 0 Å². The lowest BCUT2D eigenvalue weighted by molar-refractivity contribution is -0.143. The minimum atomic E-state index is 0.205. The van der Waals surface area contributed by atoms with Gasteiger partial charge in [0.15, 0.2) is 0 Å². The van der Waals surface area contributed by atoms with Crippen molar-refractivity contribution in [3.05, 3.63) is 35.4 Å². The summed E-state index contributed by atoms with van der Waals surface area (Å²) < 4.78 is 5.79. The molecule has 0 aromatic heterocycles. The molecule has 1 unspecified atom stereocenters. The average Bonchev–Trinajstić information content (AvgIpc) is 3.31. The number of hydrogen-bond donors (Lipinski definition) is 0. The highest BCUT2D eigenvalue weighted by Crippen LogP contribution is 2.40. The van der Waals surface area contributed by atoms with Gasteiger partial charge < -0.3 is 9.64 Å². The number of nitrogens with zero attached hydrogens (tertiary/aromatic N) is 1. The third kappa shape index (κ3) is 2.79. The maximum Gasteiger partial charge on any atom is 0.249 e. The van der Waals surface area contributed by atoms with Gasteiger partial charge in [-0.05, 0) is 62.5 Å². The minimum absolute atomic E-state index is 0.205. The van der Waals surface area contributed by atoms with Crippen LogP contribution in [-0.2, 0) is 16.0 Å². The van der Waals surface area contributed by atoms with Crippen molar-refractivity contribution >= 4 is 5.91 Å². The van der Waals surface area contributed by atoms with Crippen LogP contribution in [-0.4, -0.2) is 29.6 Å². The Hall–Kier alpha value is -1.35. The predicted molar refractivity (Wildman–Crippen MR) is 85.6 cm³/mol. The molecular weight excluding hydrogens is 274 g/mol. The van der Waals surface area contributed by atoms with E-state index in [-0.39, 0.29) is 18.6 Å². The van der Waals surface area contributed by atoms with Gasteiger partial charge in [0.05, 0.1) is 12.1 Å². The minimum Gasteiger partial charge on any atom is -0.368 e. The third-order valence-corrected chi connectivity index (χ3v) is 5.40. The van der Waals surface area contributed by atoms with Crippen molar-refractivity contribution < 1.29 is 9.53 Å². The highest BCUT2D eigenvalue weighted by atomic mass is 16.5. The average molecular weight is 299 g/mol. The molecule has 0 aliphatic heterocycles. The van der Waals surface area contributed by atoms with Gasteiger partial charge in [0.25, 0.3) is 0 Å². The molecule has 2 fully saturated rings. The summed E-state index contributed by atoms with van der Waals surface area (Å²) in [5, 5.41) is 0. The second-order valence-electron chi connectivity index (χ2n) is 7.00. The summed E-state index contributed by atoms with van der Waals surface area (Å²) in [7, 11) is 0. The van der Waals surface area contributed by atoms with Crippen molar-refractivity contribution in [2.24, 2.45) is 0 Å². The molecule has 1 atom stereocenters. The number of aryl methyl sites for hydroxylation is 1. The summed E-state index contributed by atoms with van der Waals surface area (Å²) in [6, 6.07) is 9.39. The summed E-state index contributed by atoms with van der Waals surface area (Å²) in [6.07, 6.45) is 9.60. The van der Waals surface area contributed by atoms with E-state index in [0.29, 0.717) is 12.1 Å². The maximum atomic E-state index is 12.8. The van der Waals surface area contributed by atoms with Crippen LogP contribution in [0.1, 0.15) is 62.1 Å². The number of hydrogen-bond acceptors (Lipinski definition) is 2. The Morgan fingerprint density at radius 1 is 1.09 bits per heavy atom. The molecular formula is C19H25NO2. The van der Waals surface area contributed by atoms with E-state index < -0.39 is 0 Å². The SMILES string of the molecule is O=C(COC1CCC1)N(C1CC1)C1CCCc2ccccc21. The van der Waals surface area contributed by atoms with Gasteiger partial charge >= 0.3 is 0 Å². The molecule has 2 saturated carbocycles. The predicted octanol–water partition coefficient (Wildman–Crippen LogP) is 3.62. The molecule has 0 radical (unpaired) electrons. The van der Waals surface area contributed by atoms with Crippen LogP contribution in [0.4, 0.5) is 0 Å². The van der Waals surface area contributed by atoms with E-state index >= 15 is 0 Å². The zero-order valence-corrected chi connectivity index (χ0v) is 13.2. The first-order chi connectivity index (χ1) is 10.8. The molecule has 4 rings (SSSR count). The fraction of sp³-hybridized carbons (Fsp3) is 0.632. The molecule has 3 nitrogen and oxygen atoms in total. The molecule has 0 N–H and O–H groups in total. The first-order valence-electron chi connectivity index (χ1n) is 8.83. The number of carbonyl (C=O) groups excluding carboxylic acids is 1. The van der Waals surface area contributed by atoms with Crippen LogP contribution in [0.2, 0.25) is 0 Å². The van der Waals surface area contributed by atoms with Gasteiger partial charge in [0, 0.05) is 6.04 Å². The smallest absolute Gasteiger partial charge is 0.249 e. The summed E-state index contributed by atoms with van der Waals surface area (Å²) in [5.41, 5.74) is 2.80. The highest BCUT2D eigenvalue weighted by molar-refractivity contribution is 5.79. The van der Waals surface area contributed by atoms with E-state index in [9.17, 15) is 4.79 Å². The van der Waals surface area contributed by atoms with Gasteiger partial charge in [-0.2, -0.15) is 0 Å². The number of ether oxygens (including phenoxy) is 1. The van der Waals surface area contributed by atoms with Gasteiger partial charge in [-0.1, -0.05) is 24.3 Å². The Kier molecular flexibility index (Phi) is 3.91. The largest absolute Gasteiger partial charge is 0.368 e. The van der Waals surface area contributed by atoms with Crippen molar-refractivity contribution in [1.29, 1.82) is 0 Å². The maximum absolute atomic E-state index is 12.8. The molecule has 118 valence electrons. The zero-order chi connectivity index (χ0) is 14.9. The molecule has 1 amide bonds. The fourth-order valence-electron chi connectivity index (χ4n) is 3.80. The number of rotatable bonds is 5. The topological polar surface area (TPSA) is 29.5 Å². The lowest BCUT2D eigenvalue weighted by atomic mass is 9.86. The van der Waals surface area contributed by atoms with Crippen molar-refractivity contribution in [3.63, 3.8) is 0 Å². The van der Waals surface area contributed by atoms with Gasteiger partial charge in [-0.25, -0.2) is 0 Å². The number of fused-ring (bicyclic) bond motifs is 1. The number of amides is 1. The van der Waals surface area contributed by atoms with E-state index in [1.807, 2.05) is 0 Å². The van der Waals surface area contributed by atoms with E-state index in [1.54, 1.807) is 0 Å². The molecule has 0 bridgehead atoms. The Morgan fingerprint density at radius 2 is 1.91 bits per heavy atom. The molecule has 0 saturated heterocycles. The Bertz CT molecular complexity index is 548. The second kappa shape index (κ2) is 6.04. The number of benzene rings is 1. The molecule has 22 heavy (non-hydrogen) atoms. The molecule has 3 heteroatoms. The Morgan fingerprint density at radius 3 is 2.64 bits per heavy atom. The zero-order valence-electron chi connectivity index (χ0n) is 13.2. The van der Waals surface area contributed by atoms with Gasteiger partial charge in [0.2, 0.25) is 5.91 Å². The summed E-state index contributed by atoms with van der Waals surface area (Å²) >= 11 is 0. The molecule has 1 aromatic carbocycles. The number of carbonyl (C=O) groups is 1. The monoisotopic (exact) mass is 299 g/mol. The highest BCUT2D eigenvalue weighted by Gasteiger charge is 2.39. The van der Waals surface area contributed by atoms with Crippen molar-refractivity contribution in [1.82, 2.24) is 4.90 Å². The molecule has 1 aromatic rings. The lowest BCUT2D eigenvalue weighted by Crippen LogP contribution is -2.41.